The first-order valence-corrected chi connectivity index (χ1v) is 6.26. The van der Waals surface area contributed by atoms with Gasteiger partial charge >= 0.3 is 0 Å². The quantitative estimate of drug-likeness (QED) is 0.772. The molecule has 0 atom stereocenters. The van der Waals surface area contributed by atoms with Gasteiger partial charge in [-0.25, -0.2) is 0 Å². The molecule has 0 saturated heterocycles. The molecule has 0 unspecified atom stereocenters. The monoisotopic (exact) mass is 225 g/mol. The van der Waals surface area contributed by atoms with Gasteiger partial charge in [0.1, 0.15) is 0 Å². The van der Waals surface area contributed by atoms with Crippen molar-refractivity contribution < 1.29 is 5.11 Å². The fourth-order valence-electron chi connectivity index (χ4n) is 1.48. The first kappa shape index (κ1) is 9.83. The standard InChI is InChI=1S/C10H11NOS2/c1-13-8-3-2-6(5-12)10-7(8)4-9(11)14-10/h2-4,12H,5,11H2,1H3. The van der Waals surface area contributed by atoms with Crippen LogP contribution in [0.2, 0.25) is 0 Å². The van der Waals surface area contributed by atoms with E-state index in [0.29, 0.717) is 0 Å². The van der Waals surface area contributed by atoms with Crippen molar-refractivity contribution in [3.63, 3.8) is 0 Å². The highest BCUT2D eigenvalue weighted by atomic mass is 32.2. The molecule has 2 rings (SSSR count). The lowest BCUT2D eigenvalue weighted by Gasteiger charge is -2.02. The van der Waals surface area contributed by atoms with Gasteiger partial charge in [0.25, 0.3) is 0 Å². The topological polar surface area (TPSA) is 46.2 Å². The summed E-state index contributed by atoms with van der Waals surface area (Å²) in [5.41, 5.74) is 6.72. The van der Waals surface area contributed by atoms with Gasteiger partial charge in [-0.2, -0.15) is 0 Å². The van der Waals surface area contributed by atoms with E-state index in [4.69, 9.17) is 10.8 Å². The van der Waals surface area contributed by atoms with Crippen molar-refractivity contribution in [3.8, 4) is 0 Å². The number of thioether (sulfide) groups is 1. The van der Waals surface area contributed by atoms with E-state index in [1.54, 1.807) is 11.8 Å². The summed E-state index contributed by atoms with van der Waals surface area (Å²) in [5, 5.41) is 11.1. The zero-order chi connectivity index (χ0) is 10.1. The van der Waals surface area contributed by atoms with Gasteiger partial charge in [0, 0.05) is 15.0 Å². The first-order chi connectivity index (χ1) is 6.76. The number of hydrogen-bond acceptors (Lipinski definition) is 4. The average Bonchev–Trinajstić information content (AvgIpc) is 2.57. The highest BCUT2D eigenvalue weighted by Gasteiger charge is 2.08. The summed E-state index contributed by atoms with van der Waals surface area (Å²) in [6.45, 7) is 0.0745. The zero-order valence-electron chi connectivity index (χ0n) is 7.78. The van der Waals surface area contributed by atoms with Crippen LogP contribution in [0.25, 0.3) is 10.1 Å². The molecule has 0 aliphatic heterocycles. The van der Waals surface area contributed by atoms with E-state index >= 15 is 0 Å². The molecule has 74 valence electrons. The maximum Gasteiger partial charge on any atom is 0.0869 e. The van der Waals surface area contributed by atoms with Gasteiger partial charge < -0.3 is 10.8 Å². The molecule has 0 fully saturated rings. The Morgan fingerprint density at radius 1 is 1.50 bits per heavy atom. The van der Waals surface area contributed by atoms with Gasteiger partial charge in [0.2, 0.25) is 0 Å². The molecule has 3 N–H and O–H groups in total. The van der Waals surface area contributed by atoms with Gasteiger partial charge in [0.15, 0.2) is 0 Å². The Kier molecular flexibility index (Phi) is 2.67. The molecule has 0 amide bonds. The summed E-state index contributed by atoms with van der Waals surface area (Å²) in [7, 11) is 0. The van der Waals surface area contributed by atoms with Gasteiger partial charge in [-0.3, -0.25) is 0 Å². The Balaban J connectivity index is 2.77. The normalized spacial score (nSPS) is 11.0. The smallest absolute Gasteiger partial charge is 0.0869 e. The predicted octanol–water partition coefficient (Wildman–Crippen LogP) is 2.70. The lowest BCUT2D eigenvalue weighted by atomic mass is 10.2. The molecule has 2 nitrogen and oxygen atoms in total. The highest BCUT2D eigenvalue weighted by molar-refractivity contribution is 7.98. The summed E-state index contributed by atoms with van der Waals surface area (Å²) in [6, 6.07) is 5.97. The number of nitrogen functional groups attached to an aromatic ring is 1. The molecule has 0 saturated carbocycles. The lowest BCUT2D eigenvalue weighted by Crippen LogP contribution is -1.83. The summed E-state index contributed by atoms with van der Waals surface area (Å²) >= 11 is 3.24. The van der Waals surface area contributed by atoms with Crippen LogP contribution in [-0.4, -0.2) is 11.4 Å². The van der Waals surface area contributed by atoms with E-state index in [1.165, 1.54) is 16.2 Å². The van der Waals surface area contributed by atoms with Crippen LogP contribution in [0, 0.1) is 0 Å². The van der Waals surface area contributed by atoms with Crippen LogP contribution < -0.4 is 5.73 Å². The molecule has 0 spiro atoms. The van der Waals surface area contributed by atoms with E-state index in [1.807, 2.05) is 24.5 Å². The fourth-order valence-corrected chi connectivity index (χ4v) is 3.08. The van der Waals surface area contributed by atoms with Crippen molar-refractivity contribution in [2.45, 2.75) is 11.5 Å². The zero-order valence-corrected chi connectivity index (χ0v) is 9.41. The first-order valence-electron chi connectivity index (χ1n) is 4.22. The van der Waals surface area contributed by atoms with Gasteiger partial charge in [-0.05, 0) is 24.0 Å². The Morgan fingerprint density at radius 2 is 2.29 bits per heavy atom. The van der Waals surface area contributed by atoms with Crippen LogP contribution in [0.4, 0.5) is 5.00 Å². The minimum absolute atomic E-state index is 0.0745. The van der Waals surface area contributed by atoms with Crippen molar-refractivity contribution in [2.75, 3.05) is 12.0 Å². The minimum Gasteiger partial charge on any atom is -0.392 e. The fraction of sp³-hybridized carbons (Fsp3) is 0.200. The second-order valence-corrected chi connectivity index (χ2v) is 4.91. The molecule has 2 aromatic rings. The predicted molar refractivity (Wildman–Crippen MR) is 63.9 cm³/mol. The number of nitrogens with two attached hydrogens (primary N) is 1. The van der Waals surface area contributed by atoms with Crippen LogP contribution in [0.15, 0.2) is 23.1 Å². The number of rotatable bonds is 2. The van der Waals surface area contributed by atoms with E-state index < -0.39 is 0 Å². The number of hydrogen-bond donors (Lipinski definition) is 2. The molecule has 0 aliphatic carbocycles. The number of aliphatic hydroxyl groups excluding tert-OH is 1. The van der Waals surface area contributed by atoms with E-state index in [-0.39, 0.29) is 6.61 Å². The number of benzene rings is 1. The third-order valence-electron chi connectivity index (χ3n) is 2.13. The molecule has 1 heterocycles. The second-order valence-electron chi connectivity index (χ2n) is 2.98. The number of aliphatic hydroxyl groups is 1. The van der Waals surface area contributed by atoms with Crippen molar-refractivity contribution >= 4 is 38.2 Å². The largest absolute Gasteiger partial charge is 0.392 e. The van der Waals surface area contributed by atoms with Crippen LogP contribution in [0.3, 0.4) is 0 Å². The number of fused-ring (bicyclic) bond motifs is 1. The molecular weight excluding hydrogens is 214 g/mol. The van der Waals surface area contributed by atoms with E-state index in [0.717, 1.165) is 20.7 Å². The van der Waals surface area contributed by atoms with Crippen molar-refractivity contribution in [1.82, 2.24) is 0 Å². The summed E-state index contributed by atoms with van der Waals surface area (Å²) in [5.74, 6) is 0. The Morgan fingerprint density at radius 3 is 2.93 bits per heavy atom. The van der Waals surface area contributed by atoms with Gasteiger partial charge in [0.05, 0.1) is 11.6 Å². The van der Waals surface area contributed by atoms with Crippen molar-refractivity contribution in [2.24, 2.45) is 0 Å². The number of thiophene rings is 1. The molecule has 1 aromatic heterocycles. The Labute approximate surface area is 90.7 Å². The molecule has 0 radical (unpaired) electrons. The van der Waals surface area contributed by atoms with Crippen LogP contribution >= 0.6 is 23.1 Å². The Bertz CT molecular complexity index is 423. The van der Waals surface area contributed by atoms with Crippen LogP contribution in [0.5, 0.6) is 0 Å². The van der Waals surface area contributed by atoms with Gasteiger partial charge in [-0.1, -0.05) is 6.07 Å². The lowest BCUT2D eigenvalue weighted by molar-refractivity contribution is 0.283. The maximum atomic E-state index is 9.17. The van der Waals surface area contributed by atoms with E-state index in [9.17, 15) is 0 Å². The van der Waals surface area contributed by atoms with Crippen molar-refractivity contribution in [3.05, 3.63) is 23.8 Å². The molecular formula is C10H11NOS2. The van der Waals surface area contributed by atoms with Crippen molar-refractivity contribution in [1.29, 1.82) is 0 Å². The number of anilines is 1. The van der Waals surface area contributed by atoms with E-state index in [2.05, 4.69) is 0 Å². The molecule has 4 heteroatoms. The highest BCUT2D eigenvalue weighted by Crippen LogP contribution is 2.36. The summed E-state index contributed by atoms with van der Waals surface area (Å²) < 4.78 is 1.11. The SMILES string of the molecule is CSc1ccc(CO)c2sc(N)cc12. The molecule has 1 aromatic carbocycles. The minimum atomic E-state index is 0.0745. The van der Waals surface area contributed by atoms with Crippen LogP contribution in [0.1, 0.15) is 5.56 Å². The Hall–Kier alpha value is -0.710. The second kappa shape index (κ2) is 3.81. The molecule has 14 heavy (non-hydrogen) atoms. The van der Waals surface area contributed by atoms with Crippen LogP contribution in [-0.2, 0) is 6.61 Å². The average molecular weight is 225 g/mol. The summed E-state index contributed by atoms with van der Waals surface area (Å²) in [6.07, 6.45) is 2.04. The maximum absolute atomic E-state index is 9.17. The third-order valence-corrected chi connectivity index (χ3v) is 3.97. The molecule has 0 aliphatic rings. The summed E-state index contributed by atoms with van der Waals surface area (Å²) in [4.78, 5) is 1.21. The molecule has 0 bridgehead atoms. The van der Waals surface area contributed by atoms with Gasteiger partial charge in [-0.15, -0.1) is 23.1 Å². The third kappa shape index (κ3) is 1.49.